The predicted octanol–water partition coefficient (Wildman–Crippen LogP) is -2.18. The van der Waals surface area contributed by atoms with Gasteiger partial charge in [-0.15, -0.1) is 0 Å². The second-order valence-corrected chi connectivity index (χ2v) is 5.80. The molecule has 0 fully saturated rings. The van der Waals surface area contributed by atoms with E-state index < -0.39 is 48.9 Å². The van der Waals surface area contributed by atoms with Crippen LogP contribution in [0.15, 0.2) is 17.2 Å². The van der Waals surface area contributed by atoms with Gasteiger partial charge in [-0.05, 0) is 6.92 Å². The Bertz CT molecular complexity index is 804. The van der Waals surface area contributed by atoms with E-state index in [1.54, 1.807) is 0 Å². The monoisotopic (exact) mass is 368 g/mol. The highest BCUT2D eigenvalue weighted by Crippen LogP contribution is 2.19. The molecular formula is C15H20N4O7. The summed E-state index contributed by atoms with van der Waals surface area (Å²) in [7, 11) is 0. The van der Waals surface area contributed by atoms with Gasteiger partial charge in [-0.3, -0.25) is 19.0 Å². The van der Waals surface area contributed by atoms with E-state index >= 15 is 0 Å². The molecule has 26 heavy (non-hydrogen) atoms. The Kier molecular flexibility index (Phi) is 5.75. The van der Waals surface area contributed by atoms with Crippen molar-refractivity contribution >= 4 is 17.7 Å². The Morgan fingerprint density at radius 1 is 1.27 bits per heavy atom. The molecule has 2 rings (SSSR count). The number of aliphatic hydroxyl groups is 3. The van der Waals surface area contributed by atoms with Gasteiger partial charge < -0.3 is 30.7 Å². The number of carbonyl (C=O) groups excluding carboxylic acids is 2. The summed E-state index contributed by atoms with van der Waals surface area (Å²) in [5.74, 6) is -1.11. The van der Waals surface area contributed by atoms with Gasteiger partial charge in [-0.1, -0.05) is 6.58 Å². The quantitative estimate of drug-likeness (QED) is 0.351. The van der Waals surface area contributed by atoms with E-state index in [0.29, 0.717) is 0 Å². The highest BCUT2D eigenvalue weighted by molar-refractivity contribution is 6.00. The van der Waals surface area contributed by atoms with Crippen LogP contribution in [0.4, 0.5) is 5.82 Å². The van der Waals surface area contributed by atoms with Gasteiger partial charge >= 0.3 is 5.97 Å². The van der Waals surface area contributed by atoms with Crippen LogP contribution in [-0.2, 0) is 16.1 Å². The van der Waals surface area contributed by atoms with E-state index in [2.05, 4.69) is 26.9 Å². The largest absolute Gasteiger partial charge is 0.463 e. The summed E-state index contributed by atoms with van der Waals surface area (Å²) in [5.41, 5.74) is -0.661. The summed E-state index contributed by atoms with van der Waals surface area (Å²) >= 11 is 0. The average molecular weight is 368 g/mol. The number of carbonyl (C=O) groups is 2. The number of nitrogens with zero attached hydrogens (tertiary/aromatic N) is 2. The molecule has 11 nitrogen and oxygen atoms in total. The number of aromatic nitrogens is 2. The molecule has 0 aliphatic carbocycles. The number of hydrogen-bond donors (Lipinski definition) is 5. The number of ether oxygens (including phenoxy) is 1. The second kappa shape index (κ2) is 7.64. The Morgan fingerprint density at radius 3 is 2.54 bits per heavy atom. The fraction of sp³-hybridized carbons (Fsp3) is 0.467. The summed E-state index contributed by atoms with van der Waals surface area (Å²) in [6, 6.07) is 0. The molecule has 1 aliphatic heterocycles. The number of anilines is 1. The molecule has 1 aromatic rings. The first-order valence-electron chi connectivity index (χ1n) is 7.68. The van der Waals surface area contributed by atoms with Crippen molar-refractivity contribution in [2.75, 3.05) is 11.9 Å². The van der Waals surface area contributed by atoms with Gasteiger partial charge in [0.25, 0.3) is 11.5 Å². The van der Waals surface area contributed by atoms with Crippen molar-refractivity contribution in [1.29, 1.82) is 0 Å². The number of nitrogens with one attached hydrogen (secondary N) is 2. The molecule has 0 spiro atoms. The molecular weight excluding hydrogens is 348 g/mol. The molecule has 0 unspecified atom stereocenters. The first kappa shape index (κ1) is 19.6. The van der Waals surface area contributed by atoms with Crippen LogP contribution < -0.4 is 16.2 Å². The van der Waals surface area contributed by atoms with E-state index in [4.69, 9.17) is 0 Å². The molecule has 0 saturated carbocycles. The molecule has 11 heteroatoms. The molecule has 2 heterocycles. The highest BCUT2D eigenvalue weighted by atomic mass is 16.5. The molecule has 0 saturated heterocycles. The van der Waals surface area contributed by atoms with Crippen molar-refractivity contribution in [3.8, 4) is 0 Å². The third-order valence-corrected chi connectivity index (χ3v) is 3.69. The van der Waals surface area contributed by atoms with Crippen molar-refractivity contribution in [2.24, 2.45) is 0 Å². The Morgan fingerprint density at radius 2 is 1.92 bits per heavy atom. The van der Waals surface area contributed by atoms with E-state index in [1.807, 2.05) is 0 Å². The van der Waals surface area contributed by atoms with E-state index in [9.17, 15) is 29.7 Å². The molecule has 1 amide bonds. The van der Waals surface area contributed by atoms with Crippen LogP contribution in [0.1, 0.15) is 23.1 Å². The van der Waals surface area contributed by atoms with Crippen molar-refractivity contribution in [3.63, 3.8) is 0 Å². The van der Waals surface area contributed by atoms with Crippen LogP contribution >= 0.6 is 0 Å². The number of fused-ring (bicyclic) bond motifs is 1. The zero-order chi connectivity index (χ0) is 19.6. The number of esters is 1. The van der Waals surface area contributed by atoms with Crippen molar-refractivity contribution in [2.45, 2.75) is 38.7 Å². The van der Waals surface area contributed by atoms with Crippen molar-refractivity contribution in [1.82, 2.24) is 14.9 Å². The predicted molar refractivity (Wildman–Crippen MR) is 88.1 cm³/mol. The molecule has 5 N–H and O–H groups in total. The lowest BCUT2D eigenvalue weighted by atomic mass is 10.1. The smallest absolute Gasteiger partial charge is 0.302 e. The highest BCUT2D eigenvalue weighted by Gasteiger charge is 2.30. The van der Waals surface area contributed by atoms with Gasteiger partial charge in [-0.25, -0.2) is 4.98 Å². The summed E-state index contributed by atoms with van der Waals surface area (Å²) in [6.07, 6.45) is -4.86. The zero-order valence-corrected chi connectivity index (χ0v) is 14.2. The van der Waals surface area contributed by atoms with Crippen LogP contribution in [0, 0.1) is 6.92 Å². The minimum Gasteiger partial charge on any atom is -0.463 e. The molecule has 3 atom stereocenters. The summed E-state index contributed by atoms with van der Waals surface area (Å²) in [5, 5.41) is 35.0. The molecule has 142 valence electrons. The van der Waals surface area contributed by atoms with Gasteiger partial charge in [0.2, 0.25) is 0 Å². The lowest BCUT2D eigenvalue weighted by Gasteiger charge is -2.27. The van der Waals surface area contributed by atoms with Gasteiger partial charge in [-0.2, -0.15) is 0 Å². The Hall–Kier alpha value is -2.76. The number of rotatable bonds is 6. The van der Waals surface area contributed by atoms with Crippen LogP contribution in [-0.4, -0.2) is 61.7 Å². The lowest BCUT2D eigenvalue weighted by molar-refractivity contribution is -0.149. The van der Waals surface area contributed by atoms with Crippen LogP contribution in [0.2, 0.25) is 0 Å². The number of amides is 1. The zero-order valence-electron chi connectivity index (χ0n) is 14.2. The third-order valence-electron chi connectivity index (χ3n) is 3.69. The Balaban J connectivity index is 2.28. The van der Waals surface area contributed by atoms with Crippen LogP contribution in [0.5, 0.6) is 0 Å². The van der Waals surface area contributed by atoms with Crippen molar-refractivity contribution < 1.29 is 29.6 Å². The van der Waals surface area contributed by atoms with Crippen LogP contribution in [0.25, 0.3) is 0 Å². The molecule has 0 aromatic carbocycles. The lowest BCUT2D eigenvalue weighted by Crippen LogP contribution is -2.45. The summed E-state index contributed by atoms with van der Waals surface area (Å²) in [6.45, 7) is 5.11. The van der Waals surface area contributed by atoms with E-state index in [1.165, 1.54) is 6.92 Å². The van der Waals surface area contributed by atoms with E-state index in [-0.39, 0.29) is 23.0 Å². The molecule has 0 bridgehead atoms. The Labute approximate surface area is 147 Å². The van der Waals surface area contributed by atoms with Gasteiger partial charge in [0, 0.05) is 6.92 Å². The maximum atomic E-state index is 12.4. The molecule has 1 aromatic heterocycles. The molecule has 1 aliphatic rings. The minimum atomic E-state index is -1.70. The summed E-state index contributed by atoms with van der Waals surface area (Å²) in [4.78, 5) is 39.0. The van der Waals surface area contributed by atoms with Crippen LogP contribution in [0.3, 0.4) is 0 Å². The fourth-order valence-electron chi connectivity index (χ4n) is 2.38. The SMILES string of the molecule is C=C1NC(=O)c2nc(C)c(=O)n(C[C@H](O)[C@H](O)[C@H](O)COC(C)=O)c2N1. The van der Waals surface area contributed by atoms with Gasteiger partial charge in [0.05, 0.1) is 6.54 Å². The van der Waals surface area contributed by atoms with Gasteiger partial charge in [0.15, 0.2) is 5.69 Å². The average Bonchev–Trinajstić information content (AvgIpc) is 2.56. The topological polar surface area (TPSA) is 163 Å². The number of aryl methyl sites for hydroxylation is 1. The molecule has 0 radical (unpaired) electrons. The van der Waals surface area contributed by atoms with Crippen molar-refractivity contribution in [3.05, 3.63) is 34.1 Å². The normalized spacial score (nSPS) is 16.8. The first-order chi connectivity index (χ1) is 12.1. The van der Waals surface area contributed by atoms with Gasteiger partial charge in [0.1, 0.15) is 42.3 Å². The fourth-order valence-corrected chi connectivity index (χ4v) is 2.38. The standard InChI is InChI=1S/C15H20N4O7/c1-6-15(25)19(13-11(16-6)14(24)18-7(2)17-13)4-9(21)12(23)10(22)5-26-8(3)20/h9-10,12,17,21-23H,2,4-5H2,1,3H3,(H,18,24)/t9-,10+,12-/m0/s1. The minimum absolute atomic E-state index is 0.00933. The first-order valence-corrected chi connectivity index (χ1v) is 7.68. The number of aliphatic hydroxyl groups excluding tert-OH is 3. The number of hydrogen-bond acceptors (Lipinski definition) is 9. The maximum Gasteiger partial charge on any atom is 0.302 e. The second-order valence-electron chi connectivity index (χ2n) is 5.80. The summed E-state index contributed by atoms with van der Waals surface area (Å²) < 4.78 is 5.59. The third kappa shape index (κ3) is 4.07. The van der Waals surface area contributed by atoms with E-state index in [0.717, 1.165) is 11.5 Å². The maximum absolute atomic E-state index is 12.4.